The fourth-order valence-corrected chi connectivity index (χ4v) is 2.12. The molecule has 0 spiro atoms. The molecule has 0 fully saturated rings. The van der Waals surface area contributed by atoms with Crippen molar-refractivity contribution in [3.8, 4) is 11.4 Å². The normalized spacial score (nSPS) is 12.6. The average molecular weight is 312 g/mol. The number of hydrogen-bond acceptors (Lipinski definition) is 4. The Morgan fingerprint density at radius 1 is 1.43 bits per heavy atom. The van der Waals surface area contributed by atoms with E-state index >= 15 is 0 Å². The van der Waals surface area contributed by atoms with Crippen LogP contribution in [0.3, 0.4) is 0 Å². The Morgan fingerprint density at radius 2 is 2.24 bits per heavy atom. The second kappa shape index (κ2) is 7.52. The van der Waals surface area contributed by atoms with E-state index in [1.807, 2.05) is 0 Å². The van der Waals surface area contributed by atoms with Crippen LogP contribution >= 0.6 is 11.6 Å². The van der Waals surface area contributed by atoms with Gasteiger partial charge in [-0.2, -0.15) is 4.98 Å². The monoisotopic (exact) mass is 311 g/mol. The molecule has 0 amide bonds. The quantitative estimate of drug-likeness (QED) is 0.844. The first kappa shape index (κ1) is 15.9. The van der Waals surface area contributed by atoms with E-state index in [1.165, 1.54) is 12.1 Å². The molecule has 4 nitrogen and oxygen atoms in total. The van der Waals surface area contributed by atoms with Gasteiger partial charge >= 0.3 is 0 Å². The molecule has 0 radical (unpaired) electrons. The standard InChI is InChI=1S/C15H19ClFN3O/c1-3-8-18-10(2)4-7-14-19-15(20-21-14)11-5-6-13(17)12(16)9-11/h5-6,9-10,18H,3-4,7-8H2,1-2H3. The second-order valence-corrected chi connectivity index (χ2v) is 5.44. The van der Waals surface area contributed by atoms with Crippen LogP contribution in [0.1, 0.15) is 32.6 Å². The molecule has 2 rings (SSSR count). The lowest BCUT2D eigenvalue weighted by molar-refractivity contribution is 0.367. The Hall–Kier alpha value is -1.46. The number of aromatic nitrogens is 2. The van der Waals surface area contributed by atoms with Gasteiger partial charge < -0.3 is 9.84 Å². The van der Waals surface area contributed by atoms with Crippen LogP contribution in [-0.4, -0.2) is 22.7 Å². The Bertz CT molecular complexity index is 588. The van der Waals surface area contributed by atoms with Gasteiger partial charge in [0.2, 0.25) is 11.7 Å². The topological polar surface area (TPSA) is 51.0 Å². The molecule has 21 heavy (non-hydrogen) atoms. The van der Waals surface area contributed by atoms with Crippen molar-refractivity contribution in [3.63, 3.8) is 0 Å². The van der Waals surface area contributed by atoms with E-state index in [-0.39, 0.29) is 5.02 Å². The lowest BCUT2D eigenvalue weighted by Crippen LogP contribution is -2.27. The van der Waals surface area contributed by atoms with Crippen LogP contribution in [0, 0.1) is 5.82 Å². The molecule has 114 valence electrons. The molecule has 1 N–H and O–H groups in total. The molecule has 0 aliphatic rings. The van der Waals surface area contributed by atoms with Gasteiger partial charge in [0.15, 0.2) is 0 Å². The van der Waals surface area contributed by atoms with Crippen molar-refractivity contribution in [1.29, 1.82) is 0 Å². The second-order valence-electron chi connectivity index (χ2n) is 5.03. The van der Waals surface area contributed by atoms with Crippen molar-refractivity contribution in [3.05, 3.63) is 34.9 Å². The van der Waals surface area contributed by atoms with Gasteiger partial charge in [-0.25, -0.2) is 4.39 Å². The molecule has 1 aromatic heterocycles. The van der Waals surface area contributed by atoms with Crippen molar-refractivity contribution < 1.29 is 8.91 Å². The minimum atomic E-state index is -0.458. The zero-order chi connectivity index (χ0) is 15.2. The van der Waals surface area contributed by atoms with E-state index in [0.29, 0.717) is 29.7 Å². The van der Waals surface area contributed by atoms with Gasteiger partial charge in [-0.15, -0.1) is 0 Å². The number of aryl methyl sites for hydroxylation is 1. The molecule has 0 saturated heterocycles. The number of halogens is 2. The number of benzene rings is 1. The van der Waals surface area contributed by atoms with Crippen molar-refractivity contribution in [2.75, 3.05) is 6.54 Å². The van der Waals surface area contributed by atoms with Crippen LogP contribution in [0.2, 0.25) is 5.02 Å². The molecule has 1 unspecified atom stereocenters. The van der Waals surface area contributed by atoms with E-state index in [9.17, 15) is 4.39 Å². The maximum Gasteiger partial charge on any atom is 0.227 e. The average Bonchev–Trinajstić information content (AvgIpc) is 2.94. The third-order valence-corrected chi connectivity index (χ3v) is 3.47. The van der Waals surface area contributed by atoms with Gasteiger partial charge in [-0.05, 0) is 44.5 Å². The van der Waals surface area contributed by atoms with Crippen molar-refractivity contribution in [2.24, 2.45) is 0 Å². The smallest absolute Gasteiger partial charge is 0.227 e. The van der Waals surface area contributed by atoms with E-state index in [1.54, 1.807) is 6.07 Å². The summed E-state index contributed by atoms with van der Waals surface area (Å²) in [6.07, 6.45) is 2.74. The van der Waals surface area contributed by atoms with Crippen molar-refractivity contribution in [1.82, 2.24) is 15.5 Å². The lowest BCUT2D eigenvalue weighted by Gasteiger charge is -2.10. The van der Waals surface area contributed by atoms with Crippen LogP contribution < -0.4 is 5.32 Å². The summed E-state index contributed by atoms with van der Waals surface area (Å²) in [5, 5.41) is 7.37. The van der Waals surface area contributed by atoms with E-state index in [0.717, 1.165) is 19.4 Å². The maximum absolute atomic E-state index is 13.1. The number of rotatable bonds is 7. The molecule has 1 atom stereocenters. The summed E-state index contributed by atoms with van der Waals surface area (Å²) >= 11 is 5.75. The zero-order valence-electron chi connectivity index (χ0n) is 12.2. The molecule has 0 bridgehead atoms. The summed E-state index contributed by atoms with van der Waals surface area (Å²) in [5.41, 5.74) is 0.647. The first-order chi connectivity index (χ1) is 10.1. The first-order valence-electron chi connectivity index (χ1n) is 7.11. The van der Waals surface area contributed by atoms with Gasteiger partial charge in [0, 0.05) is 18.0 Å². The summed E-state index contributed by atoms with van der Waals surface area (Å²) in [6, 6.07) is 4.78. The van der Waals surface area contributed by atoms with Gasteiger partial charge in [-0.1, -0.05) is 23.7 Å². The van der Waals surface area contributed by atoms with Crippen LogP contribution in [-0.2, 0) is 6.42 Å². The third-order valence-electron chi connectivity index (χ3n) is 3.18. The molecule has 2 aromatic rings. The Kier molecular flexibility index (Phi) is 5.70. The molecule has 0 aliphatic heterocycles. The number of nitrogens with zero attached hydrogens (tertiary/aromatic N) is 2. The van der Waals surface area contributed by atoms with Gasteiger partial charge in [0.25, 0.3) is 0 Å². The zero-order valence-corrected chi connectivity index (χ0v) is 13.0. The van der Waals surface area contributed by atoms with Crippen LogP contribution in [0.5, 0.6) is 0 Å². The summed E-state index contributed by atoms with van der Waals surface area (Å²) in [7, 11) is 0. The summed E-state index contributed by atoms with van der Waals surface area (Å²) in [4.78, 5) is 4.32. The Labute approximate surface area is 128 Å². The van der Waals surface area contributed by atoms with Crippen molar-refractivity contribution >= 4 is 11.6 Å². The van der Waals surface area contributed by atoms with E-state index in [4.69, 9.17) is 16.1 Å². The highest BCUT2D eigenvalue weighted by atomic mass is 35.5. The van der Waals surface area contributed by atoms with Gasteiger partial charge in [0.05, 0.1) is 5.02 Å². The molecule has 0 aliphatic carbocycles. The molecular weight excluding hydrogens is 293 g/mol. The highest BCUT2D eigenvalue weighted by molar-refractivity contribution is 6.31. The fraction of sp³-hybridized carbons (Fsp3) is 0.467. The molecule has 0 saturated carbocycles. The van der Waals surface area contributed by atoms with E-state index < -0.39 is 5.82 Å². The Balaban J connectivity index is 1.96. The summed E-state index contributed by atoms with van der Waals surface area (Å²) in [6.45, 7) is 5.27. The summed E-state index contributed by atoms with van der Waals surface area (Å²) < 4.78 is 18.3. The van der Waals surface area contributed by atoms with Crippen LogP contribution in [0.15, 0.2) is 22.7 Å². The molecule has 1 aromatic carbocycles. The minimum absolute atomic E-state index is 0.0521. The third kappa shape index (κ3) is 4.51. The highest BCUT2D eigenvalue weighted by Gasteiger charge is 2.11. The van der Waals surface area contributed by atoms with Gasteiger partial charge in [0.1, 0.15) is 5.82 Å². The first-order valence-corrected chi connectivity index (χ1v) is 7.49. The largest absolute Gasteiger partial charge is 0.339 e. The SMILES string of the molecule is CCCNC(C)CCc1nc(-c2ccc(F)c(Cl)c2)no1. The summed E-state index contributed by atoms with van der Waals surface area (Å²) in [5.74, 6) is 0.552. The lowest BCUT2D eigenvalue weighted by atomic mass is 10.2. The maximum atomic E-state index is 13.1. The highest BCUT2D eigenvalue weighted by Crippen LogP contribution is 2.23. The predicted octanol–water partition coefficient (Wildman–Crippen LogP) is 3.85. The van der Waals surface area contributed by atoms with Crippen LogP contribution in [0.25, 0.3) is 11.4 Å². The predicted molar refractivity (Wildman–Crippen MR) is 80.8 cm³/mol. The molecule has 1 heterocycles. The molecule has 6 heteroatoms. The van der Waals surface area contributed by atoms with Crippen LogP contribution in [0.4, 0.5) is 4.39 Å². The minimum Gasteiger partial charge on any atom is -0.339 e. The number of hydrogen-bond donors (Lipinski definition) is 1. The van der Waals surface area contributed by atoms with E-state index in [2.05, 4.69) is 29.3 Å². The van der Waals surface area contributed by atoms with Gasteiger partial charge in [-0.3, -0.25) is 0 Å². The molecular formula is C15H19ClFN3O. The Morgan fingerprint density at radius 3 is 2.95 bits per heavy atom. The fourth-order valence-electron chi connectivity index (χ4n) is 1.94. The van der Waals surface area contributed by atoms with Crippen molar-refractivity contribution in [2.45, 2.75) is 39.2 Å². The number of nitrogens with one attached hydrogen (secondary N) is 1.